The lowest BCUT2D eigenvalue weighted by atomic mass is 9.78. The summed E-state index contributed by atoms with van der Waals surface area (Å²) in [6.45, 7) is 4.72. The van der Waals surface area contributed by atoms with E-state index in [-0.39, 0.29) is 0 Å². The number of methoxy groups -OCH3 is 1. The van der Waals surface area contributed by atoms with Crippen LogP contribution in [0.25, 0.3) is 0 Å². The molecule has 2 aliphatic rings. The summed E-state index contributed by atoms with van der Waals surface area (Å²) in [5.74, 6) is 1.00. The Morgan fingerprint density at radius 3 is 2.72 bits per heavy atom. The van der Waals surface area contributed by atoms with Gasteiger partial charge in [0.25, 0.3) is 0 Å². The maximum atomic E-state index is 5.48. The first-order chi connectivity index (χ1) is 8.83. The molecule has 0 aromatic heterocycles. The number of nitrogens with zero attached hydrogens (tertiary/aromatic N) is 1. The molecule has 1 N–H and O–H groups in total. The summed E-state index contributed by atoms with van der Waals surface area (Å²) < 4.78 is 5.48. The molecule has 0 unspecified atom stereocenters. The Hall–Kier alpha value is -1.22. The lowest BCUT2D eigenvalue weighted by molar-refractivity contribution is 0.232. The van der Waals surface area contributed by atoms with Gasteiger partial charge in [-0.05, 0) is 49.9 Å². The molecule has 0 bridgehead atoms. The number of nitrogens with one attached hydrogen (secondary N) is 1. The molecule has 2 aliphatic heterocycles. The fourth-order valence-corrected chi connectivity index (χ4v) is 3.40. The Kier molecular flexibility index (Phi) is 3.16. The van der Waals surface area contributed by atoms with Gasteiger partial charge in [-0.25, -0.2) is 0 Å². The van der Waals surface area contributed by atoms with E-state index in [4.69, 9.17) is 4.74 Å². The highest BCUT2D eigenvalue weighted by molar-refractivity contribution is 5.59. The van der Waals surface area contributed by atoms with Crippen LogP contribution in [0.2, 0.25) is 0 Å². The van der Waals surface area contributed by atoms with E-state index >= 15 is 0 Å². The van der Waals surface area contributed by atoms with Crippen LogP contribution in [0, 0.1) is 5.41 Å². The zero-order valence-corrected chi connectivity index (χ0v) is 11.1. The maximum Gasteiger partial charge on any atom is 0.142 e. The average Bonchev–Trinajstić information content (AvgIpc) is 2.83. The minimum absolute atomic E-state index is 0.548. The molecule has 2 fully saturated rings. The number of hydrogen-bond donors (Lipinski definition) is 1. The van der Waals surface area contributed by atoms with Gasteiger partial charge in [0.2, 0.25) is 0 Å². The third-order valence-corrected chi connectivity index (χ3v) is 4.53. The van der Waals surface area contributed by atoms with Gasteiger partial charge in [0.15, 0.2) is 0 Å². The van der Waals surface area contributed by atoms with Crippen molar-refractivity contribution in [2.75, 3.05) is 38.2 Å². The molecule has 0 radical (unpaired) electrons. The van der Waals surface area contributed by atoms with Gasteiger partial charge in [0.1, 0.15) is 5.75 Å². The molecule has 18 heavy (non-hydrogen) atoms. The summed E-state index contributed by atoms with van der Waals surface area (Å²) >= 11 is 0. The van der Waals surface area contributed by atoms with Crippen LogP contribution in [-0.2, 0) is 0 Å². The number of rotatable bonds is 2. The van der Waals surface area contributed by atoms with E-state index < -0.39 is 0 Å². The molecule has 1 aromatic rings. The molecule has 2 heterocycles. The lowest BCUT2D eigenvalue weighted by Gasteiger charge is -2.34. The summed E-state index contributed by atoms with van der Waals surface area (Å²) in [6, 6.07) is 8.38. The third-order valence-electron chi connectivity index (χ3n) is 4.53. The van der Waals surface area contributed by atoms with Gasteiger partial charge in [-0.3, -0.25) is 0 Å². The molecule has 0 atom stereocenters. The van der Waals surface area contributed by atoms with Crippen LogP contribution in [0.5, 0.6) is 5.75 Å². The maximum absolute atomic E-state index is 5.48. The van der Waals surface area contributed by atoms with Crippen LogP contribution < -0.4 is 15.0 Å². The van der Waals surface area contributed by atoms with Crippen LogP contribution in [0.15, 0.2) is 24.3 Å². The minimum atomic E-state index is 0.548. The number of benzene rings is 1. The van der Waals surface area contributed by atoms with Crippen molar-refractivity contribution in [2.24, 2.45) is 5.41 Å². The molecule has 2 saturated heterocycles. The molecule has 0 saturated carbocycles. The second-order valence-electron chi connectivity index (χ2n) is 5.59. The molecule has 1 aromatic carbocycles. The Labute approximate surface area is 109 Å². The molecule has 1 spiro atoms. The van der Waals surface area contributed by atoms with Crippen molar-refractivity contribution in [1.82, 2.24) is 5.32 Å². The smallest absolute Gasteiger partial charge is 0.142 e. The molecule has 0 aliphatic carbocycles. The zero-order chi connectivity index (χ0) is 12.4. The molecular weight excluding hydrogens is 224 g/mol. The highest BCUT2D eigenvalue weighted by atomic mass is 16.5. The van der Waals surface area contributed by atoms with Gasteiger partial charge in [-0.1, -0.05) is 12.1 Å². The first-order valence-corrected chi connectivity index (χ1v) is 6.92. The number of ether oxygens (including phenoxy) is 1. The predicted molar refractivity (Wildman–Crippen MR) is 74.4 cm³/mol. The lowest BCUT2D eigenvalue weighted by Crippen LogP contribution is -2.38. The Balaban J connectivity index is 1.78. The van der Waals surface area contributed by atoms with E-state index in [0.717, 1.165) is 5.75 Å². The number of hydrogen-bond acceptors (Lipinski definition) is 3. The number of anilines is 1. The fourth-order valence-electron chi connectivity index (χ4n) is 3.40. The van der Waals surface area contributed by atoms with Crippen LogP contribution in [0.4, 0.5) is 5.69 Å². The van der Waals surface area contributed by atoms with Gasteiger partial charge in [0, 0.05) is 13.1 Å². The van der Waals surface area contributed by atoms with Crippen molar-refractivity contribution in [2.45, 2.75) is 19.3 Å². The topological polar surface area (TPSA) is 24.5 Å². The van der Waals surface area contributed by atoms with Crippen molar-refractivity contribution < 1.29 is 4.74 Å². The second-order valence-corrected chi connectivity index (χ2v) is 5.59. The summed E-state index contributed by atoms with van der Waals surface area (Å²) in [4.78, 5) is 2.50. The van der Waals surface area contributed by atoms with E-state index in [1.807, 2.05) is 6.07 Å². The summed E-state index contributed by atoms with van der Waals surface area (Å²) in [5.41, 5.74) is 1.81. The monoisotopic (exact) mass is 246 g/mol. The van der Waals surface area contributed by atoms with Crippen LogP contribution >= 0.6 is 0 Å². The van der Waals surface area contributed by atoms with Crippen molar-refractivity contribution in [3.05, 3.63) is 24.3 Å². The molecule has 0 amide bonds. The molecule has 3 heteroatoms. The molecule has 3 rings (SSSR count). The number of piperidine rings is 1. The summed E-state index contributed by atoms with van der Waals surface area (Å²) in [7, 11) is 1.76. The van der Waals surface area contributed by atoms with Crippen molar-refractivity contribution in [3.8, 4) is 5.75 Å². The second kappa shape index (κ2) is 4.81. The van der Waals surface area contributed by atoms with Crippen molar-refractivity contribution >= 4 is 5.69 Å². The van der Waals surface area contributed by atoms with Gasteiger partial charge in [-0.2, -0.15) is 0 Å². The molecule has 98 valence electrons. The Bertz CT molecular complexity index is 413. The first-order valence-electron chi connectivity index (χ1n) is 6.92. The van der Waals surface area contributed by atoms with E-state index in [1.165, 1.54) is 51.1 Å². The van der Waals surface area contributed by atoms with Gasteiger partial charge in [-0.15, -0.1) is 0 Å². The highest BCUT2D eigenvalue weighted by Gasteiger charge is 2.39. The Morgan fingerprint density at radius 2 is 1.94 bits per heavy atom. The number of para-hydroxylation sites is 2. The quantitative estimate of drug-likeness (QED) is 0.866. The van der Waals surface area contributed by atoms with Crippen LogP contribution in [-0.4, -0.2) is 33.3 Å². The van der Waals surface area contributed by atoms with E-state index in [0.29, 0.717) is 5.41 Å². The van der Waals surface area contributed by atoms with E-state index in [2.05, 4.69) is 28.4 Å². The fraction of sp³-hybridized carbons (Fsp3) is 0.600. The normalized spacial score (nSPS) is 22.4. The standard InChI is InChI=1S/C15H22N2O/c1-18-14-5-3-2-4-13(14)17-11-8-15(12-17)6-9-16-10-7-15/h2-5,16H,6-12H2,1H3. The zero-order valence-electron chi connectivity index (χ0n) is 11.1. The molecule has 3 nitrogen and oxygen atoms in total. The summed E-state index contributed by atoms with van der Waals surface area (Å²) in [6.07, 6.45) is 3.96. The summed E-state index contributed by atoms with van der Waals surface area (Å²) in [5, 5.41) is 3.47. The largest absolute Gasteiger partial charge is 0.495 e. The predicted octanol–water partition coefficient (Wildman–Crippen LogP) is 2.28. The van der Waals surface area contributed by atoms with E-state index in [9.17, 15) is 0 Å². The van der Waals surface area contributed by atoms with Gasteiger partial charge < -0.3 is 15.0 Å². The van der Waals surface area contributed by atoms with Crippen LogP contribution in [0.1, 0.15) is 19.3 Å². The van der Waals surface area contributed by atoms with E-state index in [1.54, 1.807) is 7.11 Å². The minimum Gasteiger partial charge on any atom is -0.495 e. The Morgan fingerprint density at radius 1 is 1.17 bits per heavy atom. The molecular formula is C15H22N2O. The first kappa shape index (κ1) is 11.8. The van der Waals surface area contributed by atoms with Crippen molar-refractivity contribution in [1.29, 1.82) is 0 Å². The SMILES string of the molecule is COc1ccccc1N1CCC2(CCNCC2)C1. The van der Waals surface area contributed by atoms with Crippen molar-refractivity contribution in [3.63, 3.8) is 0 Å². The third kappa shape index (κ3) is 2.07. The average molecular weight is 246 g/mol. The van der Waals surface area contributed by atoms with Gasteiger partial charge >= 0.3 is 0 Å². The van der Waals surface area contributed by atoms with Crippen LogP contribution in [0.3, 0.4) is 0 Å². The highest BCUT2D eigenvalue weighted by Crippen LogP contribution is 2.42. The van der Waals surface area contributed by atoms with Gasteiger partial charge in [0.05, 0.1) is 12.8 Å².